The van der Waals surface area contributed by atoms with E-state index < -0.39 is 5.91 Å². The Bertz CT molecular complexity index is 759. The molecule has 0 saturated heterocycles. The van der Waals surface area contributed by atoms with E-state index in [-0.39, 0.29) is 24.1 Å². The van der Waals surface area contributed by atoms with Crippen LogP contribution >= 0.6 is 11.3 Å². The molecule has 2 heterocycles. The van der Waals surface area contributed by atoms with Crippen molar-refractivity contribution >= 4 is 27.5 Å². The molecular formula is C15H20N2O3S. The van der Waals surface area contributed by atoms with E-state index in [1.807, 2.05) is 25.3 Å². The fourth-order valence-corrected chi connectivity index (χ4v) is 3.82. The Hall–Kier alpha value is -1.66. The average Bonchev–Trinajstić information content (AvgIpc) is 2.73. The summed E-state index contributed by atoms with van der Waals surface area (Å²) in [6, 6.07) is 0. The monoisotopic (exact) mass is 308 g/mol. The summed E-state index contributed by atoms with van der Waals surface area (Å²) >= 11 is 1.59. The van der Waals surface area contributed by atoms with Crippen LogP contribution in [0.5, 0.6) is 0 Å². The van der Waals surface area contributed by atoms with Crippen molar-refractivity contribution in [1.82, 2.24) is 9.88 Å². The summed E-state index contributed by atoms with van der Waals surface area (Å²) in [5.74, 6) is -0.418. The minimum atomic E-state index is -0.418. The van der Waals surface area contributed by atoms with Gasteiger partial charge in [-0.05, 0) is 33.3 Å². The second-order valence-electron chi connectivity index (χ2n) is 4.98. The number of nitrogens with zero attached hydrogens (tertiary/aromatic N) is 1. The zero-order valence-corrected chi connectivity index (χ0v) is 13.6. The number of carbonyl (C=O) groups excluding carboxylic acids is 1. The van der Waals surface area contributed by atoms with Crippen molar-refractivity contribution in [2.24, 2.45) is 0 Å². The van der Waals surface area contributed by atoms with Gasteiger partial charge in [-0.3, -0.25) is 9.59 Å². The predicted octanol–water partition coefficient (Wildman–Crippen LogP) is 1.73. The first-order valence-electron chi connectivity index (χ1n) is 6.96. The average molecular weight is 308 g/mol. The van der Waals surface area contributed by atoms with Gasteiger partial charge in [-0.2, -0.15) is 0 Å². The number of aliphatic hydroxyl groups excluding tert-OH is 1. The van der Waals surface area contributed by atoms with Crippen LogP contribution in [0.15, 0.2) is 4.79 Å². The third-order valence-electron chi connectivity index (χ3n) is 3.77. The summed E-state index contributed by atoms with van der Waals surface area (Å²) < 4.78 is 2.01. The molecule has 0 unspecified atom stereocenters. The normalized spacial score (nSPS) is 11.1. The van der Waals surface area contributed by atoms with Gasteiger partial charge in [0.15, 0.2) is 0 Å². The number of hydrogen-bond acceptors (Lipinski definition) is 4. The van der Waals surface area contributed by atoms with E-state index in [2.05, 4.69) is 5.32 Å². The van der Waals surface area contributed by atoms with Gasteiger partial charge in [0.2, 0.25) is 5.43 Å². The summed E-state index contributed by atoms with van der Waals surface area (Å²) in [5.41, 5.74) is 1.58. The van der Waals surface area contributed by atoms with E-state index in [0.717, 1.165) is 15.3 Å². The molecule has 0 aliphatic rings. The number of aliphatic hydroxyl groups is 1. The Balaban J connectivity index is 2.80. The largest absolute Gasteiger partial charge is 0.395 e. The third kappa shape index (κ3) is 2.49. The fraction of sp³-hybridized carbons (Fsp3) is 0.467. The highest BCUT2D eigenvalue weighted by atomic mass is 32.1. The van der Waals surface area contributed by atoms with Crippen molar-refractivity contribution in [3.8, 4) is 0 Å². The second-order valence-corrected chi connectivity index (χ2v) is 6.18. The molecule has 114 valence electrons. The Labute approximate surface area is 127 Å². The van der Waals surface area contributed by atoms with Crippen LogP contribution in [0.1, 0.15) is 33.4 Å². The molecule has 5 nitrogen and oxygen atoms in total. The maximum absolute atomic E-state index is 12.7. The van der Waals surface area contributed by atoms with Gasteiger partial charge in [0.25, 0.3) is 5.91 Å². The lowest BCUT2D eigenvalue weighted by Gasteiger charge is -2.14. The molecule has 1 amide bonds. The predicted molar refractivity (Wildman–Crippen MR) is 85.4 cm³/mol. The van der Waals surface area contributed by atoms with Crippen LogP contribution in [0.2, 0.25) is 0 Å². The van der Waals surface area contributed by atoms with Gasteiger partial charge in [-0.1, -0.05) is 0 Å². The number of hydrogen-bond donors (Lipinski definition) is 2. The number of nitrogens with one attached hydrogen (secondary N) is 1. The highest BCUT2D eigenvalue weighted by Crippen LogP contribution is 2.29. The number of rotatable bonds is 4. The van der Waals surface area contributed by atoms with Crippen molar-refractivity contribution in [2.75, 3.05) is 13.2 Å². The molecule has 0 aromatic carbocycles. The Morgan fingerprint density at radius 1 is 1.33 bits per heavy atom. The number of thiophene rings is 1. The molecule has 0 bridgehead atoms. The standard InChI is InChI=1S/C15H20N2O3S/c1-5-17-9(3)12(14(20)16-6-7-18)13(19)11-8(2)10(4)21-15(11)17/h18H,5-7H2,1-4H3,(H,16,20). The summed E-state index contributed by atoms with van der Waals surface area (Å²) in [5, 5.41) is 12.0. The minimum absolute atomic E-state index is 0.142. The highest BCUT2D eigenvalue weighted by molar-refractivity contribution is 7.18. The van der Waals surface area contributed by atoms with Crippen molar-refractivity contribution in [3.63, 3.8) is 0 Å². The van der Waals surface area contributed by atoms with Crippen molar-refractivity contribution in [3.05, 3.63) is 31.9 Å². The molecule has 0 atom stereocenters. The van der Waals surface area contributed by atoms with Gasteiger partial charge in [0, 0.05) is 23.7 Å². The van der Waals surface area contributed by atoms with E-state index in [1.54, 1.807) is 18.3 Å². The van der Waals surface area contributed by atoms with Crippen molar-refractivity contribution < 1.29 is 9.90 Å². The van der Waals surface area contributed by atoms with Gasteiger partial charge in [-0.25, -0.2) is 0 Å². The van der Waals surface area contributed by atoms with Crippen LogP contribution in [0.25, 0.3) is 10.2 Å². The van der Waals surface area contributed by atoms with Crippen LogP contribution in [-0.4, -0.2) is 28.7 Å². The van der Waals surface area contributed by atoms with E-state index in [1.165, 1.54) is 0 Å². The number of aryl methyl sites for hydroxylation is 3. The first-order valence-corrected chi connectivity index (χ1v) is 7.77. The van der Waals surface area contributed by atoms with Gasteiger partial charge in [-0.15, -0.1) is 11.3 Å². The van der Waals surface area contributed by atoms with Crippen LogP contribution in [0, 0.1) is 20.8 Å². The van der Waals surface area contributed by atoms with Crippen molar-refractivity contribution in [2.45, 2.75) is 34.2 Å². The maximum Gasteiger partial charge on any atom is 0.257 e. The van der Waals surface area contributed by atoms with Gasteiger partial charge in [0.05, 0.1) is 12.0 Å². The molecule has 2 rings (SSSR count). The first kappa shape index (κ1) is 15.7. The van der Waals surface area contributed by atoms with Crippen LogP contribution in [-0.2, 0) is 6.54 Å². The molecule has 2 aromatic heterocycles. The quantitative estimate of drug-likeness (QED) is 0.903. The Morgan fingerprint density at radius 3 is 2.57 bits per heavy atom. The van der Waals surface area contributed by atoms with Crippen LogP contribution in [0.3, 0.4) is 0 Å². The number of carbonyl (C=O) groups is 1. The highest BCUT2D eigenvalue weighted by Gasteiger charge is 2.22. The topological polar surface area (TPSA) is 71.3 Å². The zero-order valence-electron chi connectivity index (χ0n) is 12.7. The van der Waals surface area contributed by atoms with Crippen molar-refractivity contribution in [1.29, 1.82) is 0 Å². The first-order chi connectivity index (χ1) is 9.93. The lowest BCUT2D eigenvalue weighted by atomic mass is 10.1. The number of fused-ring (bicyclic) bond motifs is 1. The SMILES string of the molecule is CCn1c(C)c(C(=O)NCCO)c(=O)c2c(C)c(C)sc21. The Kier molecular flexibility index (Phi) is 4.49. The number of aromatic nitrogens is 1. The molecule has 2 N–H and O–H groups in total. The van der Waals surface area contributed by atoms with E-state index in [0.29, 0.717) is 17.6 Å². The molecular weight excluding hydrogens is 288 g/mol. The van der Waals surface area contributed by atoms with E-state index >= 15 is 0 Å². The fourth-order valence-electron chi connectivity index (χ4n) is 2.55. The maximum atomic E-state index is 12.7. The lowest BCUT2D eigenvalue weighted by Crippen LogP contribution is -2.33. The molecule has 0 aliphatic carbocycles. The number of pyridine rings is 1. The van der Waals surface area contributed by atoms with Gasteiger partial charge < -0.3 is 15.0 Å². The molecule has 2 aromatic rings. The molecule has 0 aliphatic heterocycles. The van der Waals surface area contributed by atoms with E-state index in [9.17, 15) is 9.59 Å². The summed E-state index contributed by atoms with van der Waals surface area (Å²) in [4.78, 5) is 27.0. The molecule has 21 heavy (non-hydrogen) atoms. The molecule has 6 heteroatoms. The zero-order chi connectivity index (χ0) is 15.7. The second kappa shape index (κ2) is 5.99. The summed E-state index contributed by atoms with van der Waals surface area (Å²) in [6.45, 7) is 8.39. The smallest absolute Gasteiger partial charge is 0.257 e. The Morgan fingerprint density at radius 2 is 2.00 bits per heavy atom. The molecule has 0 radical (unpaired) electrons. The van der Waals surface area contributed by atoms with Gasteiger partial charge >= 0.3 is 0 Å². The summed E-state index contributed by atoms with van der Waals surface area (Å²) in [6.07, 6.45) is 0. The molecule has 0 fully saturated rings. The third-order valence-corrected chi connectivity index (χ3v) is 5.00. The van der Waals surface area contributed by atoms with Gasteiger partial charge in [0.1, 0.15) is 10.4 Å². The summed E-state index contributed by atoms with van der Waals surface area (Å²) in [7, 11) is 0. The number of amides is 1. The van der Waals surface area contributed by atoms with E-state index in [4.69, 9.17) is 5.11 Å². The molecule has 0 saturated carbocycles. The van der Waals surface area contributed by atoms with Crippen LogP contribution in [0.4, 0.5) is 0 Å². The van der Waals surface area contributed by atoms with Crippen LogP contribution < -0.4 is 10.7 Å². The minimum Gasteiger partial charge on any atom is -0.395 e. The molecule has 0 spiro atoms. The lowest BCUT2D eigenvalue weighted by molar-refractivity contribution is 0.0942.